The molecule has 0 unspecified atom stereocenters. The van der Waals surface area contributed by atoms with Crippen molar-refractivity contribution in [1.29, 1.82) is 0 Å². The normalized spacial score (nSPS) is 11.7. The lowest BCUT2D eigenvalue weighted by atomic mass is 10.2. The third kappa shape index (κ3) is 1.69. The van der Waals surface area contributed by atoms with E-state index in [-0.39, 0.29) is 4.47 Å². The summed E-state index contributed by atoms with van der Waals surface area (Å²) in [6.07, 6.45) is -3.26. The maximum atomic E-state index is 12.2. The molecule has 0 radical (unpaired) electrons. The smallest absolute Gasteiger partial charge is 0.383 e. The molecule has 0 saturated heterocycles. The first kappa shape index (κ1) is 9.31. The molecule has 0 spiro atoms. The van der Waals surface area contributed by atoms with Crippen LogP contribution in [0.2, 0.25) is 0 Å². The highest BCUT2D eigenvalue weighted by molar-refractivity contribution is 9.10. The van der Waals surface area contributed by atoms with Gasteiger partial charge in [0.25, 0.3) is 0 Å². The topological polar surface area (TPSA) is 38.9 Å². The fourth-order valence-corrected chi connectivity index (χ4v) is 1.28. The number of nitrogens with zero attached hydrogens (tertiary/aromatic N) is 1. The van der Waals surface area contributed by atoms with Crippen LogP contribution in [0.4, 0.5) is 19.0 Å². The molecule has 2 nitrogen and oxygen atoms in total. The van der Waals surface area contributed by atoms with Crippen LogP contribution < -0.4 is 5.73 Å². The Labute approximate surface area is 74.7 Å². The van der Waals surface area contributed by atoms with Crippen LogP contribution in [-0.4, -0.2) is 4.98 Å². The Morgan fingerprint density at radius 1 is 1.42 bits per heavy atom. The van der Waals surface area contributed by atoms with Gasteiger partial charge in [-0.3, -0.25) is 0 Å². The second kappa shape index (κ2) is 2.93. The van der Waals surface area contributed by atoms with Crippen LogP contribution in [0.1, 0.15) is 5.56 Å². The van der Waals surface area contributed by atoms with Gasteiger partial charge in [-0.1, -0.05) is 0 Å². The molecule has 2 N–H and O–H groups in total. The largest absolute Gasteiger partial charge is 0.421 e. The summed E-state index contributed by atoms with van der Waals surface area (Å²) < 4.78 is 36.4. The van der Waals surface area contributed by atoms with E-state index < -0.39 is 17.6 Å². The monoisotopic (exact) mass is 240 g/mol. The van der Waals surface area contributed by atoms with E-state index in [2.05, 4.69) is 20.9 Å². The van der Waals surface area contributed by atoms with Gasteiger partial charge in [0, 0.05) is 10.7 Å². The summed E-state index contributed by atoms with van der Waals surface area (Å²) in [4.78, 5) is 3.33. The van der Waals surface area contributed by atoms with Gasteiger partial charge in [-0.25, -0.2) is 4.98 Å². The Balaban J connectivity index is 3.31. The maximum absolute atomic E-state index is 12.2. The zero-order valence-electron chi connectivity index (χ0n) is 5.69. The molecule has 1 heterocycles. The van der Waals surface area contributed by atoms with E-state index in [0.29, 0.717) is 0 Å². The molecule has 12 heavy (non-hydrogen) atoms. The van der Waals surface area contributed by atoms with Crippen molar-refractivity contribution in [3.05, 3.63) is 22.3 Å². The highest BCUT2D eigenvalue weighted by Crippen LogP contribution is 2.37. The summed E-state index contributed by atoms with van der Waals surface area (Å²) in [5.74, 6) is -0.517. The number of anilines is 1. The third-order valence-electron chi connectivity index (χ3n) is 1.21. The number of alkyl halides is 3. The van der Waals surface area contributed by atoms with E-state index in [9.17, 15) is 13.2 Å². The van der Waals surface area contributed by atoms with Crippen LogP contribution in [0.15, 0.2) is 16.7 Å². The summed E-state index contributed by atoms with van der Waals surface area (Å²) in [5, 5.41) is 0. The van der Waals surface area contributed by atoms with E-state index in [0.717, 1.165) is 0 Å². The predicted octanol–water partition coefficient (Wildman–Crippen LogP) is 2.45. The van der Waals surface area contributed by atoms with Crippen molar-refractivity contribution in [2.45, 2.75) is 6.18 Å². The molecule has 0 atom stereocenters. The van der Waals surface area contributed by atoms with Gasteiger partial charge in [-0.05, 0) is 22.0 Å². The minimum absolute atomic E-state index is 0.0949. The Hall–Kier alpha value is -0.780. The van der Waals surface area contributed by atoms with Crippen molar-refractivity contribution in [3.63, 3.8) is 0 Å². The predicted molar refractivity (Wildman–Crippen MR) is 41.4 cm³/mol. The molecular weight excluding hydrogens is 237 g/mol. The number of nitrogens with two attached hydrogens (primary N) is 1. The second-order valence-electron chi connectivity index (χ2n) is 2.05. The van der Waals surface area contributed by atoms with Gasteiger partial charge in [0.2, 0.25) is 0 Å². The highest BCUT2D eigenvalue weighted by Gasteiger charge is 2.35. The van der Waals surface area contributed by atoms with E-state index >= 15 is 0 Å². The highest BCUT2D eigenvalue weighted by atomic mass is 79.9. The first-order chi connectivity index (χ1) is 5.43. The summed E-state index contributed by atoms with van der Waals surface area (Å²) >= 11 is 2.74. The summed E-state index contributed by atoms with van der Waals surface area (Å²) in [6, 6.07) is 1.19. The zero-order chi connectivity index (χ0) is 9.35. The lowest BCUT2D eigenvalue weighted by Crippen LogP contribution is -2.11. The van der Waals surface area contributed by atoms with E-state index in [1.54, 1.807) is 0 Å². The van der Waals surface area contributed by atoms with Crippen molar-refractivity contribution in [2.24, 2.45) is 0 Å². The average molecular weight is 241 g/mol. The number of nitrogen functional groups attached to an aromatic ring is 1. The minimum atomic E-state index is -4.46. The van der Waals surface area contributed by atoms with Crippen LogP contribution in [0, 0.1) is 0 Å². The maximum Gasteiger partial charge on any atom is 0.421 e. The molecule has 6 heteroatoms. The fraction of sp³-hybridized carbons (Fsp3) is 0.167. The summed E-state index contributed by atoms with van der Waals surface area (Å²) in [7, 11) is 0. The van der Waals surface area contributed by atoms with E-state index in [4.69, 9.17) is 5.73 Å². The van der Waals surface area contributed by atoms with Gasteiger partial charge >= 0.3 is 6.18 Å². The lowest BCUT2D eigenvalue weighted by molar-refractivity contribution is -0.137. The standard InChI is InChI=1S/C6H4BrF3N2/c7-3-1-2-12-5(11)4(3)6(8,9)10/h1-2H,(H2,11,12). The summed E-state index contributed by atoms with van der Waals surface area (Å²) in [5.41, 5.74) is 4.12. The van der Waals surface area contributed by atoms with Gasteiger partial charge in [0.05, 0.1) is 0 Å². The molecule has 0 aliphatic rings. The van der Waals surface area contributed by atoms with Gasteiger partial charge in [-0.15, -0.1) is 0 Å². The first-order valence-corrected chi connectivity index (χ1v) is 3.69. The molecule has 0 aliphatic heterocycles. The zero-order valence-corrected chi connectivity index (χ0v) is 7.28. The first-order valence-electron chi connectivity index (χ1n) is 2.90. The molecule has 0 amide bonds. The SMILES string of the molecule is Nc1nccc(Br)c1C(F)(F)F. The Morgan fingerprint density at radius 3 is 2.33 bits per heavy atom. The van der Waals surface area contributed by atoms with Gasteiger partial charge < -0.3 is 5.73 Å². The molecule has 0 bridgehead atoms. The Kier molecular flexibility index (Phi) is 2.27. The van der Waals surface area contributed by atoms with Gasteiger partial charge in [0.1, 0.15) is 11.4 Å². The van der Waals surface area contributed by atoms with Gasteiger partial charge in [-0.2, -0.15) is 13.2 Å². The van der Waals surface area contributed by atoms with Crippen molar-refractivity contribution in [3.8, 4) is 0 Å². The van der Waals surface area contributed by atoms with Crippen molar-refractivity contribution in [2.75, 3.05) is 5.73 Å². The van der Waals surface area contributed by atoms with Gasteiger partial charge in [0.15, 0.2) is 0 Å². The number of hydrogen-bond donors (Lipinski definition) is 1. The summed E-state index contributed by atoms with van der Waals surface area (Å²) in [6.45, 7) is 0. The van der Waals surface area contributed by atoms with Crippen LogP contribution in [0.3, 0.4) is 0 Å². The van der Waals surface area contributed by atoms with E-state index in [1.165, 1.54) is 12.3 Å². The Morgan fingerprint density at radius 2 is 2.00 bits per heavy atom. The Bertz CT molecular complexity index is 277. The van der Waals surface area contributed by atoms with Crippen LogP contribution in [0.25, 0.3) is 0 Å². The van der Waals surface area contributed by atoms with Crippen molar-refractivity contribution >= 4 is 21.7 Å². The molecule has 1 aromatic rings. The third-order valence-corrected chi connectivity index (χ3v) is 1.87. The number of aromatic nitrogens is 1. The van der Waals surface area contributed by atoms with E-state index in [1.807, 2.05) is 0 Å². The quantitative estimate of drug-likeness (QED) is 0.757. The minimum Gasteiger partial charge on any atom is -0.383 e. The molecule has 1 rings (SSSR count). The molecular formula is C6H4BrF3N2. The number of pyridine rings is 1. The molecule has 0 aliphatic carbocycles. The lowest BCUT2D eigenvalue weighted by Gasteiger charge is -2.09. The number of halogens is 4. The molecule has 1 aromatic heterocycles. The van der Waals surface area contributed by atoms with Crippen LogP contribution in [-0.2, 0) is 6.18 Å². The average Bonchev–Trinajstić information content (AvgIpc) is 1.82. The molecule has 0 fully saturated rings. The number of hydrogen-bond acceptors (Lipinski definition) is 2. The van der Waals surface area contributed by atoms with Crippen molar-refractivity contribution in [1.82, 2.24) is 4.98 Å². The van der Waals surface area contributed by atoms with Crippen molar-refractivity contribution < 1.29 is 13.2 Å². The van der Waals surface area contributed by atoms with Crippen LogP contribution >= 0.6 is 15.9 Å². The number of rotatable bonds is 0. The second-order valence-corrected chi connectivity index (χ2v) is 2.91. The molecule has 66 valence electrons. The fourth-order valence-electron chi connectivity index (χ4n) is 0.734. The molecule has 0 saturated carbocycles. The van der Waals surface area contributed by atoms with Crippen LogP contribution in [0.5, 0.6) is 0 Å². The molecule has 0 aromatic carbocycles.